The second kappa shape index (κ2) is 17.7. The van der Waals surface area contributed by atoms with E-state index in [1.54, 1.807) is 0 Å². The number of unbranched alkanes of at least 4 members (excludes halogenated alkanes) is 2. The number of anilines is 1. The first-order chi connectivity index (χ1) is 21.9. The molecule has 0 bridgehead atoms. The Morgan fingerprint density at radius 3 is 2.26 bits per heavy atom. The lowest BCUT2D eigenvalue weighted by Gasteiger charge is -2.27. The van der Waals surface area contributed by atoms with Gasteiger partial charge in [0.2, 0.25) is 16.0 Å². The number of carboxylic acid groups (broad SMARTS) is 1. The lowest BCUT2D eigenvalue weighted by Crippen LogP contribution is -2.19. The van der Waals surface area contributed by atoms with Gasteiger partial charge in [0.15, 0.2) is 5.75 Å². The highest BCUT2D eigenvalue weighted by molar-refractivity contribution is 7.91. The molecular formula is C32H39ClN4O8S. The predicted octanol–water partition coefficient (Wildman–Crippen LogP) is 5.34. The molecule has 1 heterocycles. The number of benzene rings is 2. The van der Waals surface area contributed by atoms with E-state index in [9.17, 15) is 18.5 Å². The van der Waals surface area contributed by atoms with Crippen LogP contribution in [0.4, 0.5) is 5.95 Å². The quantitative estimate of drug-likeness (QED) is 0.148. The molecule has 0 fully saturated rings. The van der Waals surface area contributed by atoms with Crippen molar-refractivity contribution in [1.82, 2.24) is 9.97 Å². The highest BCUT2D eigenvalue weighted by Gasteiger charge is 2.26. The summed E-state index contributed by atoms with van der Waals surface area (Å²) in [4.78, 5) is 18.4. The Kier molecular flexibility index (Phi) is 14.0. The molecular weight excluding hydrogens is 636 g/mol. The van der Waals surface area contributed by atoms with Crippen LogP contribution >= 0.6 is 11.6 Å². The van der Waals surface area contributed by atoms with E-state index in [-0.39, 0.29) is 19.2 Å². The third kappa shape index (κ3) is 12.1. The van der Waals surface area contributed by atoms with E-state index < -0.39 is 21.4 Å². The number of hydrogen-bond acceptors (Lipinski definition) is 10. The number of ether oxygens (including phenoxy) is 4. The Balaban J connectivity index is 1.48. The van der Waals surface area contributed by atoms with Gasteiger partial charge in [-0.2, -0.15) is 5.26 Å². The Morgan fingerprint density at radius 2 is 1.61 bits per heavy atom. The fourth-order valence-corrected chi connectivity index (χ4v) is 5.03. The van der Waals surface area contributed by atoms with Crippen molar-refractivity contribution in [2.45, 2.75) is 51.6 Å². The van der Waals surface area contributed by atoms with E-state index in [2.05, 4.69) is 20.8 Å². The summed E-state index contributed by atoms with van der Waals surface area (Å²) in [5.41, 5.74) is 2.41. The minimum atomic E-state index is -3.45. The zero-order valence-corrected chi connectivity index (χ0v) is 27.7. The lowest BCUT2D eigenvalue weighted by atomic mass is 9.77. The molecule has 2 aromatic carbocycles. The smallest absolute Gasteiger partial charge is 0.329 e. The number of nitrogens with zero attached hydrogens (tertiary/aromatic N) is 3. The van der Waals surface area contributed by atoms with Gasteiger partial charge in [-0.3, -0.25) is 4.72 Å². The Labute approximate surface area is 274 Å². The van der Waals surface area contributed by atoms with Crippen molar-refractivity contribution in [3.8, 4) is 17.6 Å². The molecule has 0 amide bonds. The van der Waals surface area contributed by atoms with E-state index >= 15 is 0 Å². The van der Waals surface area contributed by atoms with Crippen LogP contribution in [0.15, 0.2) is 48.8 Å². The van der Waals surface area contributed by atoms with Gasteiger partial charge in [-0.15, -0.1) is 0 Å². The minimum Gasteiger partial charge on any atom is -0.491 e. The van der Waals surface area contributed by atoms with Crippen LogP contribution in [0, 0.1) is 11.3 Å². The number of halogens is 1. The lowest BCUT2D eigenvalue weighted by molar-refractivity contribution is -0.142. The first-order valence-electron chi connectivity index (χ1n) is 14.7. The SMILES string of the molecule is CC(C)(c1ccc(OCc2cnc(NS(C)(=O)=O)nc2)cc1)c1cc(Cl)c(OCCCCCOCCCOCC(=O)O)c(C#N)c1. The molecule has 14 heteroatoms. The largest absolute Gasteiger partial charge is 0.491 e. The summed E-state index contributed by atoms with van der Waals surface area (Å²) in [7, 11) is -3.45. The number of carboxylic acids is 1. The Hall–Kier alpha value is -3.96. The van der Waals surface area contributed by atoms with E-state index in [4.69, 9.17) is 35.7 Å². The van der Waals surface area contributed by atoms with Crippen molar-refractivity contribution in [1.29, 1.82) is 5.26 Å². The fraction of sp³-hybridized carbons (Fsp3) is 0.438. The van der Waals surface area contributed by atoms with Crippen LogP contribution in [0.5, 0.6) is 11.5 Å². The van der Waals surface area contributed by atoms with E-state index in [1.807, 2.05) is 50.2 Å². The highest BCUT2D eigenvalue weighted by Crippen LogP contribution is 2.38. The summed E-state index contributed by atoms with van der Waals surface area (Å²) in [5, 5.41) is 18.8. The van der Waals surface area contributed by atoms with Crippen molar-refractivity contribution in [3.05, 3.63) is 76.1 Å². The molecule has 0 atom stereocenters. The topological polar surface area (TPSA) is 170 Å². The van der Waals surface area contributed by atoms with Crippen molar-refractivity contribution >= 4 is 33.5 Å². The van der Waals surface area contributed by atoms with Gasteiger partial charge < -0.3 is 24.1 Å². The summed E-state index contributed by atoms with van der Waals surface area (Å²) in [5.74, 6) is 0.00956. The van der Waals surface area contributed by atoms with Crippen molar-refractivity contribution in [3.63, 3.8) is 0 Å². The number of nitrogens with one attached hydrogen (secondary N) is 1. The third-order valence-corrected chi connectivity index (χ3v) is 7.67. The van der Waals surface area contributed by atoms with Crippen LogP contribution in [-0.2, 0) is 36.3 Å². The molecule has 0 aliphatic carbocycles. The summed E-state index contributed by atoms with van der Waals surface area (Å²) in [6, 6.07) is 13.5. The van der Waals surface area contributed by atoms with Crippen LogP contribution in [-0.4, -0.2) is 68.8 Å². The molecule has 0 unspecified atom stereocenters. The molecule has 0 saturated carbocycles. The summed E-state index contributed by atoms with van der Waals surface area (Å²) in [6.45, 7) is 5.87. The monoisotopic (exact) mass is 674 g/mol. The van der Waals surface area contributed by atoms with E-state index in [1.165, 1.54) is 12.4 Å². The second-order valence-corrected chi connectivity index (χ2v) is 13.2. The van der Waals surface area contributed by atoms with Gasteiger partial charge in [0.25, 0.3) is 0 Å². The Bertz CT molecular complexity index is 1580. The standard InChI is InChI=1S/C32H39ClN4O8S/c1-32(2,25-8-10-27(11-9-25)45-21-23-19-35-31(36-20-23)37-46(3,40)41)26-16-24(18-34)30(28(33)17-26)44-15-6-4-5-12-42-13-7-14-43-22-29(38)39/h8-11,16-17,19-20H,4-7,12-15,21-22H2,1-3H3,(H,38,39)(H,35,36,37). The number of aromatic nitrogens is 2. The molecule has 0 aliphatic heterocycles. The molecule has 3 rings (SSSR count). The highest BCUT2D eigenvalue weighted by atomic mass is 35.5. The van der Waals surface area contributed by atoms with Gasteiger partial charge in [-0.1, -0.05) is 37.6 Å². The predicted molar refractivity (Wildman–Crippen MR) is 173 cm³/mol. The summed E-state index contributed by atoms with van der Waals surface area (Å²) in [6.07, 6.45) is 7.15. The fourth-order valence-electron chi connectivity index (χ4n) is 4.31. The van der Waals surface area contributed by atoms with Gasteiger partial charge in [0, 0.05) is 43.2 Å². The van der Waals surface area contributed by atoms with Crippen LogP contribution in [0.2, 0.25) is 5.02 Å². The van der Waals surface area contributed by atoms with Gasteiger partial charge >= 0.3 is 5.97 Å². The molecule has 0 spiro atoms. The maximum absolute atomic E-state index is 11.3. The van der Waals surface area contributed by atoms with Gasteiger partial charge in [-0.05, 0) is 61.1 Å². The molecule has 46 heavy (non-hydrogen) atoms. The summed E-state index contributed by atoms with van der Waals surface area (Å²) >= 11 is 6.62. The molecule has 0 radical (unpaired) electrons. The molecule has 12 nitrogen and oxygen atoms in total. The maximum atomic E-state index is 11.3. The summed E-state index contributed by atoms with van der Waals surface area (Å²) < 4.78 is 47.1. The van der Waals surface area contributed by atoms with E-state index in [0.29, 0.717) is 60.5 Å². The van der Waals surface area contributed by atoms with Gasteiger partial charge in [0.1, 0.15) is 25.0 Å². The minimum absolute atomic E-state index is 0.00781. The number of hydrogen-bond donors (Lipinski definition) is 2. The van der Waals surface area contributed by atoms with Crippen LogP contribution < -0.4 is 14.2 Å². The molecule has 3 aromatic rings. The van der Waals surface area contributed by atoms with E-state index in [0.717, 1.165) is 36.6 Å². The molecule has 0 saturated heterocycles. The number of sulfonamides is 1. The van der Waals surface area contributed by atoms with Crippen LogP contribution in [0.1, 0.15) is 61.8 Å². The number of rotatable bonds is 20. The molecule has 1 aromatic heterocycles. The number of carbonyl (C=O) groups is 1. The van der Waals surface area contributed by atoms with Crippen molar-refractivity contribution in [2.75, 3.05) is 44.0 Å². The number of aliphatic carboxylic acids is 1. The first kappa shape index (κ1) is 36.5. The Morgan fingerprint density at radius 1 is 0.957 bits per heavy atom. The van der Waals surface area contributed by atoms with Crippen molar-refractivity contribution < 1.29 is 37.3 Å². The second-order valence-electron chi connectivity index (χ2n) is 11.0. The zero-order valence-electron chi connectivity index (χ0n) is 26.1. The molecule has 2 N–H and O–H groups in total. The normalized spacial score (nSPS) is 11.5. The first-order valence-corrected chi connectivity index (χ1v) is 16.9. The third-order valence-electron chi connectivity index (χ3n) is 6.83. The van der Waals surface area contributed by atoms with Crippen molar-refractivity contribution in [2.24, 2.45) is 0 Å². The van der Waals surface area contributed by atoms with Gasteiger partial charge in [0.05, 0.1) is 23.4 Å². The average molecular weight is 675 g/mol. The average Bonchev–Trinajstić information content (AvgIpc) is 3.01. The van der Waals surface area contributed by atoms with Gasteiger partial charge in [-0.25, -0.2) is 23.2 Å². The maximum Gasteiger partial charge on any atom is 0.329 e. The number of nitriles is 1. The molecule has 248 valence electrons. The van der Waals surface area contributed by atoms with Crippen LogP contribution in [0.25, 0.3) is 0 Å². The molecule has 0 aliphatic rings. The zero-order chi connectivity index (χ0) is 33.6. The van der Waals surface area contributed by atoms with Crippen LogP contribution in [0.3, 0.4) is 0 Å².